The highest BCUT2D eigenvalue weighted by Gasteiger charge is 2.45. The Balaban J connectivity index is 1.73. The Labute approximate surface area is 182 Å². The molecule has 0 amide bonds. The zero-order valence-electron chi connectivity index (χ0n) is 16.0. The molecule has 31 heavy (non-hydrogen) atoms. The molecule has 10 heteroatoms. The van der Waals surface area contributed by atoms with Crippen molar-refractivity contribution in [2.24, 2.45) is 5.92 Å². The van der Waals surface area contributed by atoms with Crippen LogP contribution >= 0.6 is 15.9 Å². The summed E-state index contributed by atoms with van der Waals surface area (Å²) < 4.78 is 71.1. The molecule has 0 bridgehead atoms. The van der Waals surface area contributed by atoms with Crippen LogP contribution in [0.3, 0.4) is 0 Å². The van der Waals surface area contributed by atoms with E-state index in [0.717, 1.165) is 12.1 Å². The van der Waals surface area contributed by atoms with Crippen molar-refractivity contribution < 1.29 is 26.7 Å². The molecule has 2 heterocycles. The number of pyridine rings is 1. The average Bonchev–Trinajstić information content (AvgIpc) is 3.36. The number of nitrogens with one attached hydrogen (secondary N) is 2. The highest BCUT2D eigenvalue weighted by Crippen LogP contribution is 2.38. The van der Waals surface area contributed by atoms with Crippen LogP contribution in [0, 0.1) is 17.6 Å². The molecule has 0 saturated heterocycles. The van der Waals surface area contributed by atoms with Gasteiger partial charge >= 0.3 is 6.18 Å². The van der Waals surface area contributed by atoms with Gasteiger partial charge in [-0.25, -0.2) is 13.8 Å². The summed E-state index contributed by atoms with van der Waals surface area (Å²) in [6.07, 6.45) is 0.194. The second-order valence-corrected chi connectivity index (χ2v) is 8.49. The van der Waals surface area contributed by atoms with Crippen molar-refractivity contribution in [2.75, 3.05) is 5.32 Å². The third kappa shape index (κ3) is 4.17. The van der Waals surface area contributed by atoms with E-state index in [4.69, 9.17) is 0 Å². The van der Waals surface area contributed by atoms with Gasteiger partial charge in [-0.15, -0.1) is 0 Å². The van der Waals surface area contributed by atoms with Crippen LogP contribution in [0.2, 0.25) is 0 Å². The molecule has 0 radical (unpaired) electrons. The van der Waals surface area contributed by atoms with Crippen LogP contribution in [0.25, 0.3) is 11.0 Å². The van der Waals surface area contributed by atoms with Crippen molar-refractivity contribution in [1.82, 2.24) is 9.97 Å². The van der Waals surface area contributed by atoms with Crippen LogP contribution in [-0.2, 0) is 0 Å². The molecule has 1 aliphatic carbocycles. The first-order chi connectivity index (χ1) is 14.7. The van der Waals surface area contributed by atoms with E-state index in [2.05, 4.69) is 31.2 Å². The molecule has 1 atom stereocenters. The number of carbonyl (C=O) groups is 1. The van der Waals surface area contributed by atoms with Gasteiger partial charge in [-0.3, -0.25) is 4.79 Å². The maximum absolute atomic E-state index is 15.2. The molecule has 3 aromatic rings. The quantitative estimate of drug-likeness (QED) is 0.315. The molecule has 0 aliphatic heterocycles. The summed E-state index contributed by atoms with van der Waals surface area (Å²) >= 11 is 3.22. The molecule has 1 fully saturated rings. The lowest BCUT2D eigenvalue weighted by atomic mass is 9.96. The van der Waals surface area contributed by atoms with Gasteiger partial charge < -0.3 is 10.3 Å². The highest BCUT2D eigenvalue weighted by atomic mass is 79.9. The molecular formula is C21H17BrF5N3O. The summed E-state index contributed by atoms with van der Waals surface area (Å²) in [7, 11) is 0. The number of halogens is 6. The predicted molar refractivity (Wildman–Crippen MR) is 109 cm³/mol. The van der Waals surface area contributed by atoms with Gasteiger partial charge in [-0.2, -0.15) is 13.2 Å². The van der Waals surface area contributed by atoms with E-state index in [-0.39, 0.29) is 5.56 Å². The average molecular weight is 502 g/mol. The number of aromatic nitrogens is 2. The summed E-state index contributed by atoms with van der Waals surface area (Å²) in [5.74, 6) is -4.21. The van der Waals surface area contributed by atoms with E-state index in [1.807, 2.05) is 0 Å². The van der Waals surface area contributed by atoms with Crippen LogP contribution in [0.4, 0.5) is 27.6 Å². The first kappa shape index (κ1) is 21.7. The number of carbonyl (C=O) groups excluding carboxylic acids is 1. The second-order valence-electron chi connectivity index (χ2n) is 7.57. The molecular weight excluding hydrogens is 485 g/mol. The van der Waals surface area contributed by atoms with Crippen molar-refractivity contribution in [3.63, 3.8) is 0 Å². The van der Waals surface area contributed by atoms with Crippen molar-refractivity contribution >= 4 is 38.4 Å². The summed E-state index contributed by atoms with van der Waals surface area (Å²) in [6.45, 7) is 0. The zero-order valence-corrected chi connectivity index (χ0v) is 17.6. The Morgan fingerprint density at radius 2 is 1.94 bits per heavy atom. The fourth-order valence-electron chi connectivity index (χ4n) is 4.10. The Morgan fingerprint density at radius 3 is 2.61 bits per heavy atom. The number of hydrogen-bond donors (Lipinski definition) is 2. The van der Waals surface area contributed by atoms with Gasteiger partial charge in [0.05, 0.1) is 11.3 Å². The van der Waals surface area contributed by atoms with Gasteiger partial charge in [0.1, 0.15) is 17.5 Å². The van der Waals surface area contributed by atoms with Crippen LogP contribution < -0.4 is 5.32 Å². The van der Waals surface area contributed by atoms with E-state index in [0.29, 0.717) is 41.2 Å². The number of nitrogens with zero attached hydrogens (tertiary/aromatic N) is 1. The maximum Gasteiger partial charge on any atom is 0.408 e. The molecule has 2 aromatic heterocycles. The number of aromatic amines is 1. The number of alkyl halides is 3. The molecule has 1 saturated carbocycles. The molecule has 1 aliphatic rings. The lowest BCUT2D eigenvalue weighted by Gasteiger charge is -2.28. The number of ketones is 1. The maximum atomic E-state index is 15.2. The number of rotatable bonds is 5. The first-order valence-corrected chi connectivity index (χ1v) is 10.4. The zero-order chi connectivity index (χ0) is 22.3. The van der Waals surface area contributed by atoms with Crippen molar-refractivity contribution in [3.8, 4) is 0 Å². The minimum absolute atomic E-state index is 0.0399. The lowest BCUT2D eigenvalue weighted by molar-refractivity contribution is -0.152. The predicted octanol–water partition coefficient (Wildman–Crippen LogP) is 6.37. The van der Waals surface area contributed by atoms with Crippen LogP contribution in [-0.4, -0.2) is 28.0 Å². The Kier molecular flexibility index (Phi) is 5.76. The first-order valence-electron chi connectivity index (χ1n) is 9.65. The summed E-state index contributed by atoms with van der Waals surface area (Å²) in [5.41, 5.74) is -1.18. The van der Waals surface area contributed by atoms with Crippen LogP contribution in [0.5, 0.6) is 0 Å². The molecule has 164 valence electrons. The third-order valence-electron chi connectivity index (χ3n) is 5.60. The largest absolute Gasteiger partial charge is 0.408 e. The molecule has 1 unspecified atom stereocenters. The number of anilines is 1. The van der Waals surface area contributed by atoms with Crippen molar-refractivity contribution in [2.45, 2.75) is 37.9 Å². The van der Waals surface area contributed by atoms with Gasteiger partial charge in [-0.05, 0) is 52.9 Å². The van der Waals surface area contributed by atoms with Gasteiger partial charge in [-0.1, -0.05) is 12.8 Å². The smallest absolute Gasteiger partial charge is 0.371 e. The molecule has 4 rings (SSSR count). The lowest BCUT2D eigenvalue weighted by Crippen LogP contribution is -2.42. The van der Waals surface area contributed by atoms with Crippen molar-refractivity contribution in [1.29, 1.82) is 0 Å². The number of hydrogen-bond acceptors (Lipinski definition) is 3. The Hall–Kier alpha value is -2.49. The van der Waals surface area contributed by atoms with Crippen molar-refractivity contribution in [3.05, 3.63) is 57.8 Å². The normalized spacial score (nSPS) is 16.1. The number of fused-ring (bicyclic) bond motifs is 1. The second kappa shape index (κ2) is 8.22. The highest BCUT2D eigenvalue weighted by molar-refractivity contribution is 9.10. The fourth-order valence-corrected chi connectivity index (χ4v) is 4.43. The van der Waals surface area contributed by atoms with E-state index in [1.165, 1.54) is 12.4 Å². The van der Waals surface area contributed by atoms with E-state index in [9.17, 15) is 22.4 Å². The molecule has 2 N–H and O–H groups in total. The minimum Gasteiger partial charge on any atom is -0.371 e. The van der Waals surface area contributed by atoms with E-state index < -0.39 is 46.8 Å². The number of H-pyrrole nitrogens is 1. The van der Waals surface area contributed by atoms with Gasteiger partial charge in [0.2, 0.25) is 5.78 Å². The SMILES string of the molecule is O=C(c1c(F)ccc(NC(C2CCCC2)C(F)(F)F)c1F)c1c[nH]c2ncc(Br)cc12. The molecule has 1 aromatic carbocycles. The Bertz CT molecular complexity index is 1140. The fraction of sp³-hybridized carbons (Fsp3) is 0.333. The summed E-state index contributed by atoms with van der Waals surface area (Å²) in [5, 5.41) is 2.53. The van der Waals surface area contributed by atoms with Gasteiger partial charge in [0, 0.05) is 27.8 Å². The van der Waals surface area contributed by atoms with Gasteiger partial charge in [0.25, 0.3) is 0 Å². The Morgan fingerprint density at radius 1 is 1.23 bits per heavy atom. The third-order valence-corrected chi connectivity index (χ3v) is 6.03. The van der Waals surface area contributed by atoms with E-state index >= 15 is 4.39 Å². The summed E-state index contributed by atoms with van der Waals surface area (Å²) in [4.78, 5) is 19.8. The van der Waals surface area contributed by atoms with E-state index in [1.54, 1.807) is 6.07 Å². The van der Waals surface area contributed by atoms with Gasteiger partial charge in [0.15, 0.2) is 5.82 Å². The monoisotopic (exact) mass is 501 g/mol. The topological polar surface area (TPSA) is 57.8 Å². The standard InChI is InChI=1S/C21H17BrF5N3O/c22-11-7-12-13(9-29-20(12)28-8-11)18(31)16-14(23)5-6-15(17(16)24)30-19(21(25,26)27)10-3-1-2-4-10/h5-10,19,30H,1-4H2,(H,28,29). The summed E-state index contributed by atoms with van der Waals surface area (Å²) in [6, 6.07) is 1.27. The van der Waals surface area contributed by atoms with Crippen LogP contribution in [0.1, 0.15) is 41.6 Å². The number of benzene rings is 1. The minimum atomic E-state index is -4.62. The molecule has 0 spiro atoms. The molecule has 4 nitrogen and oxygen atoms in total. The van der Waals surface area contributed by atoms with Crippen LogP contribution in [0.15, 0.2) is 35.1 Å².